The lowest BCUT2D eigenvalue weighted by molar-refractivity contribution is 0.0704. The molecule has 4 aromatic heterocycles. The van der Waals surface area contributed by atoms with Gasteiger partial charge in [-0.05, 0) is 31.0 Å². The summed E-state index contributed by atoms with van der Waals surface area (Å²) in [5, 5.41) is 4.07. The van der Waals surface area contributed by atoms with Crippen LogP contribution >= 0.6 is 0 Å². The van der Waals surface area contributed by atoms with E-state index in [1.165, 1.54) is 0 Å². The average Bonchev–Trinajstić information content (AvgIpc) is 3.46. The molecule has 0 bridgehead atoms. The first-order valence-electron chi connectivity index (χ1n) is 10.2. The largest absolute Gasteiger partial charge is 0.381 e. The van der Waals surface area contributed by atoms with E-state index in [1.54, 1.807) is 42.9 Å². The summed E-state index contributed by atoms with van der Waals surface area (Å²) < 4.78 is 12.9. The molecule has 0 atom stereocenters. The molecular formula is C22H22N6O3. The van der Waals surface area contributed by atoms with Crippen LogP contribution in [0.3, 0.4) is 0 Å². The molecule has 5 heterocycles. The highest BCUT2D eigenvalue weighted by Crippen LogP contribution is 2.25. The number of carbonyl (C=O) groups excluding carboxylic acids is 1. The summed E-state index contributed by atoms with van der Waals surface area (Å²) in [6.07, 6.45) is 8.72. The molecule has 1 fully saturated rings. The number of imidazole rings is 1. The minimum absolute atomic E-state index is 0.158. The van der Waals surface area contributed by atoms with Gasteiger partial charge in [-0.25, -0.2) is 9.97 Å². The number of amides is 1. The predicted octanol–water partition coefficient (Wildman–Crippen LogP) is 3.11. The smallest absolute Gasteiger partial charge is 0.255 e. The monoisotopic (exact) mass is 418 g/mol. The van der Waals surface area contributed by atoms with Gasteiger partial charge >= 0.3 is 0 Å². The molecule has 31 heavy (non-hydrogen) atoms. The molecule has 9 nitrogen and oxygen atoms in total. The van der Waals surface area contributed by atoms with Gasteiger partial charge in [0.25, 0.3) is 5.91 Å². The van der Waals surface area contributed by atoms with Gasteiger partial charge in [0.1, 0.15) is 11.2 Å². The third-order valence-electron chi connectivity index (χ3n) is 5.50. The van der Waals surface area contributed by atoms with Crippen LogP contribution in [0.2, 0.25) is 0 Å². The van der Waals surface area contributed by atoms with Crippen LogP contribution in [0.15, 0.2) is 53.7 Å². The second-order valence-electron chi connectivity index (χ2n) is 7.64. The van der Waals surface area contributed by atoms with Crippen LogP contribution in [0.5, 0.6) is 0 Å². The van der Waals surface area contributed by atoms with E-state index < -0.39 is 0 Å². The van der Waals surface area contributed by atoms with Gasteiger partial charge in [-0.2, -0.15) is 0 Å². The zero-order valence-corrected chi connectivity index (χ0v) is 17.1. The van der Waals surface area contributed by atoms with E-state index >= 15 is 0 Å². The second kappa shape index (κ2) is 8.27. The summed E-state index contributed by atoms with van der Waals surface area (Å²) >= 11 is 0. The maximum Gasteiger partial charge on any atom is 0.255 e. The number of fused-ring (bicyclic) bond motifs is 1. The first kappa shape index (κ1) is 19.4. The Morgan fingerprint density at radius 1 is 1.23 bits per heavy atom. The Kier molecular flexibility index (Phi) is 5.17. The highest BCUT2D eigenvalue weighted by Gasteiger charge is 2.20. The van der Waals surface area contributed by atoms with Gasteiger partial charge in [-0.1, -0.05) is 5.16 Å². The van der Waals surface area contributed by atoms with E-state index in [9.17, 15) is 4.79 Å². The van der Waals surface area contributed by atoms with Gasteiger partial charge in [0, 0.05) is 56.5 Å². The number of carbonyl (C=O) groups is 1. The normalized spacial score (nSPS) is 14.7. The lowest BCUT2D eigenvalue weighted by Crippen LogP contribution is -2.26. The zero-order valence-electron chi connectivity index (χ0n) is 17.1. The van der Waals surface area contributed by atoms with Crippen LogP contribution in [-0.2, 0) is 11.3 Å². The Morgan fingerprint density at radius 2 is 2.10 bits per heavy atom. The summed E-state index contributed by atoms with van der Waals surface area (Å²) in [4.78, 5) is 27.6. The van der Waals surface area contributed by atoms with Crippen LogP contribution in [0.1, 0.15) is 35.0 Å². The number of pyridine rings is 2. The highest BCUT2D eigenvalue weighted by atomic mass is 16.5. The molecule has 4 aromatic rings. The second-order valence-corrected chi connectivity index (χ2v) is 7.64. The maximum atomic E-state index is 12.9. The van der Waals surface area contributed by atoms with E-state index in [0.717, 1.165) is 37.3 Å². The highest BCUT2D eigenvalue weighted by molar-refractivity contribution is 5.96. The quantitative estimate of drug-likeness (QED) is 0.491. The van der Waals surface area contributed by atoms with Crippen LogP contribution in [0.4, 0.5) is 0 Å². The Hall–Kier alpha value is -3.59. The van der Waals surface area contributed by atoms with E-state index in [-0.39, 0.29) is 5.91 Å². The Balaban J connectivity index is 1.31. The van der Waals surface area contributed by atoms with Crippen molar-refractivity contribution in [3.05, 3.63) is 60.5 Å². The molecule has 0 saturated carbocycles. The van der Waals surface area contributed by atoms with Crippen molar-refractivity contribution in [3.8, 4) is 11.3 Å². The molecule has 1 aliphatic heterocycles. The standard InChI is InChI=1S/C22H22N6O3/c1-27(13-18-10-19(26-31-18)15-3-2-6-23-11-15)22(29)16-9-20-21(24-12-16)28(14-25-20)17-4-7-30-8-5-17/h2-3,6,9-12,14,17H,4-5,7-8,13H2,1H3. The molecule has 0 radical (unpaired) electrons. The first-order valence-corrected chi connectivity index (χ1v) is 10.2. The summed E-state index contributed by atoms with van der Waals surface area (Å²) in [5.41, 5.74) is 3.54. The van der Waals surface area contributed by atoms with Crippen molar-refractivity contribution in [2.24, 2.45) is 0 Å². The predicted molar refractivity (Wildman–Crippen MR) is 112 cm³/mol. The number of hydrogen-bond acceptors (Lipinski definition) is 7. The van der Waals surface area contributed by atoms with Crippen molar-refractivity contribution in [1.82, 2.24) is 29.6 Å². The molecule has 0 unspecified atom stereocenters. The molecule has 5 rings (SSSR count). The third kappa shape index (κ3) is 3.91. The van der Waals surface area contributed by atoms with Gasteiger partial charge in [0.05, 0.1) is 18.4 Å². The van der Waals surface area contributed by atoms with Crippen LogP contribution in [0, 0.1) is 0 Å². The van der Waals surface area contributed by atoms with Crippen molar-refractivity contribution in [3.63, 3.8) is 0 Å². The molecule has 1 amide bonds. The lowest BCUT2D eigenvalue weighted by Gasteiger charge is -2.23. The van der Waals surface area contributed by atoms with Gasteiger partial charge in [0.15, 0.2) is 11.4 Å². The Morgan fingerprint density at radius 3 is 2.90 bits per heavy atom. The van der Waals surface area contributed by atoms with Crippen LogP contribution < -0.4 is 0 Å². The molecule has 1 saturated heterocycles. The van der Waals surface area contributed by atoms with Crippen LogP contribution in [0.25, 0.3) is 22.4 Å². The molecule has 0 N–H and O–H groups in total. The van der Waals surface area contributed by atoms with E-state index in [0.29, 0.717) is 35.1 Å². The van der Waals surface area contributed by atoms with Gasteiger partial charge in [0.2, 0.25) is 0 Å². The lowest BCUT2D eigenvalue weighted by atomic mass is 10.1. The molecule has 158 valence electrons. The van der Waals surface area contributed by atoms with Crippen molar-refractivity contribution in [2.45, 2.75) is 25.4 Å². The van der Waals surface area contributed by atoms with Crippen molar-refractivity contribution < 1.29 is 14.1 Å². The number of aromatic nitrogens is 5. The summed E-state index contributed by atoms with van der Waals surface area (Å²) in [7, 11) is 1.72. The average molecular weight is 418 g/mol. The topological polar surface area (TPSA) is 99.2 Å². The van der Waals surface area contributed by atoms with Crippen molar-refractivity contribution >= 4 is 17.1 Å². The molecule has 0 aliphatic carbocycles. The Labute approximate surface area is 178 Å². The van der Waals surface area contributed by atoms with Gasteiger partial charge in [-0.15, -0.1) is 0 Å². The van der Waals surface area contributed by atoms with Gasteiger partial charge < -0.3 is 18.7 Å². The number of hydrogen-bond donors (Lipinski definition) is 0. The number of ether oxygens (including phenoxy) is 1. The molecule has 0 aromatic carbocycles. The van der Waals surface area contributed by atoms with Crippen LogP contribution in [-0.4, -0.2) is 55.7 Å². The summed E-state index contributed by atoms with van der Waals surface area (Å²) in [6.45, 7) is 1.78. The third-order valence-corrected chi connectivity index (χ3v) is 5.50. The molecule has 0 spiro atoms. The Bertz CT molecular complexity index is 1200. The first-order chi connectivity index (χ1) is 15.2. The van der Waals surface area contributed by atoms with Crippen molar-refractivity contribution in [1.29, 1.82) is 0 Å². The molecular weight excluding hydrogens is 396 g/mol. The fourth-order valence-corrected chi connectivity index (χ4v) is 3.83. The fourth-order valence-electron chi connectivity index (χ4n) is 3.83. The van der Waals surface area contributed by atoms with E-state index in [1.807, 2.05) is 18.2 Å². The minimum atomic E-state index is -0.158. The SMILES string of the molecule is CN(Cc1cc(-c2cccnc2)no1)C(=O)c1cnc2c(c1)ncn2C1CCOCC1. The molecule has 1 aliphatic rings. The molecule has 9 heteroatoms. The summed E-state index contributed by atoms with van der Waals surface area (Å²) in [5.74, 6) is 0.432. The zero-order chi connectivity index (χ0) is 21.2. The van der Waals surface area contributed by atoms with Crippen molar-refractivity contribution in [2.75, 3.05) is 20.3 Å². The van der Waals surface area contributed by atoms with Gasteiger partial charge in [-0.3, -0.25) is 9.78 Å². The van der Waals surface area contributed by atoms with E-state index in [2.05, 4.69) is 24.7 Å². The minimum Gasteiger partial charge on any atom is -0.381 e. The fraction of sp³-hybridized carbons (Fsp3) is 0.318. The van der Waals surface area contributed by atoms with E-state index in [4.69, 9.17) is 9.26 Å². The number of nitrogens with zero attached hydrogens (tertiary/aromatic N) is 6. The maximum absolute atomic E-state index is 12.9. The summed E-state index contributed by atoms with van der Waals surface area (Å²) in [6, 6.07) is 7.68. The number of rotatable bonds is 5.